The average Bonchev–Trinajstić information content (AvgIpc) is 3.02. The topological polar surface area (TPSA) is 90.0 Å². The highest BCUT2D eigenvalue weighted by Gasteiger charge is 2.28. The standard InChI is InChI=1S/C16H16N4O3/c1-22-16(21)12-6-7-20-14(8-12)18-19-15(20)10-23-13-4-2-11(9-17)3-5-13/h2-5,12H,6-8,10H2,1H3. The van der Waals surface area contributed by atoms with Crippen LogP contribution in [0.25, 0.3) is 0 Å². The number of carbonyl (C=O) groups excluding carboxylic acids is 1. The van der Waals surface area contributed by atoms with Crippen LogP contribution in [0.3, 0.4) is 0 Å². The van der Waals surface area contributed by atoms with Crippen molar-refractivity contribution in [3.8, 4) is 11.8 Å². The Morgan fingerprint density at radius 3 is 2.87 bits per heavy atom. The highest BCUT2D eigenvalue weighted by Crippen LogP contribution is 2.22. The summed E-state index contributed by atoms with van der Waals surface area (Å²) in [4.78, 5) is 11.6. The number of hydrogen-bond acceptors (Lipinski definition) is 6. The van der Waals surface area contributed by atoms with Crippen LogP contribution in [-0.2, 0) is 29.1 Å². The molecule has 0 N–H and O–H groups in total. The minimum atomic E-state index is -0.199. The summed E-state index contributed by atoms with van der Waals surface area (Å²) in [6, 6.07) is 8.97. The molecule has 118 valence electrons. The van der Waals surface area contributed by atoms with Crippen molar-refractivity contribution in [2.24, 2.45) is 5.92 Å². The average molecular weight is 312 g/mol. The van der Waals surface area contributed by atoms with Gasteiger partial charge in [0.1, 0.15) is 18.2 Å². The summed E-state index contributed by atoms with van der Waals surface area (Å²) in [6.45, 7) is 0.968. The first kappa shape index (κ1) is 15.0. The summed E-state index contributed by atoms with van der Waals surface area (Å²) in [5.74, 6) is 1.83. The van der Waals surface area contributed by atoms with Gasteiger partial charge in [-0.3, -0.25) is 4.79 Å². The smallest absolute Gasteiger partial charge is 0.309 e. The molecule has 1 aromatic carbocycles. The van der Waals surface area contributed by atoms with E-state index < -0.39 is 0 Å². The molecule has 0 saturated heterocycles. The number of benzene rings is 1. The van der Waals surface area contributed by atoms with Crippen molar-refractivity contribution in [1.29, 1.82) is 5.26 Å². The fraction of sp³-hybridized carbons (Fsp3) is 0.375. The minimum absolute atomic E-state index is 0.149. The van der Waals surface area contributed by atoms with Crippen LogP contribution in [0.5, 0.6) is 5.75 Å². The van der Waals surface area contributed by atoms with E-state index >= 15 is 0 Å². The lowest BCUT2D eigenvalue weighted by Gasteiger charge is -2.21. The minimum Gasteiger partial charge on any atom is -0.486 e. The molecule has 2 aromatic rings. The van der Waals surface area contributed by atoms with Crippen molar-refractivity contribution in [2.75, 3.05) is 7.11 Å². The number of nitriles is 1. The third-order valence-corrected chi connectivity index (χ3v) is 3.92. The molecule has 1 aromatic heterocycles. The summed E-state index contributed by atoms with van der Waals surface area (Å²) >= 11 is 0. The van der Waals surface area contributed by atoms with Crippen LogP contribution < -0.4 is 4.74 Å². The van der Waals surface area contributed by atoms with Crippen molar-refractivity contribution in [3.05, 3.63) is 41.5 Å². The summed E-state index contributed by atoms with van der Waals surface area (Å²) in [5, 5.41) is 17.1. The molecule has 0 aliphatic carbocycles. The maximum Gasteiger partial charge on any atom is 0.309 e. The van der Waals surface area contributed by atoms with Gasteiger partial charge in [-0.05, 0) is 30.7 Å². The molecule has 1 unspecified atom stereocenters. The quantitative estimate of drug-likeness (QED) is 0.794. The number of carbonyl (C=O) groups is 1. The normalized spacial score (nSPS) is 16.3. The van der Waals surface area contributed by atoms with Gasteiger partial charge >= 0.3 is 5.97 Å². The lowest BCUT2D eigenvalue weighted by Crippen LogP contribution is -2.27. The van der Waals surface area contributed by atoms with Crippen LogP contribution in [-0.4, -0.2) is 27.8 Å². The number of nitrogens with zero attached hydrogens (tertiary/aromatic N) is 4. The van der Waals surface area contributed by atoms with Gasteiger partial charge in [-0.15, -0.1) is 10.2 Å². The molecule has 0 fully saturated rings. The molecular formula is C16H16N4O3. The van der Waals surface area contributed by atoms with Gasteiger partial charge < -0.3 is 14.0 Å². The third kappa shape index (κ3) is 3.16. The zero-order valence-electron chi connectivity index (χ0n) is 12.7. The van der Waals surface area contributed by atoms with Gasteiger partial charge in [-0.25, -0.2) is 0 Å². The van der Waals surface area contributed by atoms with Crippen LogP contribution >= 0.6 is 0 Å². The number of ether oxygens (including phenoxy) is 2. The zero-order valence-corrected chi connectivity index (χ0v) is 12.7. The molecule has 7 heteroatoms. The second kappa shape index (κ2) is 6.48. The fourth-order valence-corrected chi connectivity index (χ4v) is 2.64. The van der Waals surface area contributed by atoms with Gasteiger partial charge in [-0.1, -0.05) is 0 Å². The fourth-order valence-electron chi connectivity index (χ4n) is 2.64. The third-order valence-electron chi connectivity index (χ3n) is 3.92. The van der Waals surface area contributed by atoms with Crippen LogP contribution in [0.1, 0.15) is 23.6 Å². The van der Waals surface area contributed by atoms with Gasteiger partial charge in [0, 0.05) is 13.0 Å². The summed E-state index contributed by atoms with van der Waals surface area (Å²) in [5.41, 5.74) is 0.589. The lowest BCUT2D eigenvalue weighted by molar-refractivity contribution is -0.146. The van der Waals surface area contributed by atoms with Crippen molar-refractivity contribution < 1.29 is 14.3 Å². The Morgan fingerprint density at radius 2 is 2.17 bits per heavy atom. The van der Waals surface area contributed by atoms with Gasteiger partial charge in [0.25, 0.3) is 0 Å². The first-order chi connectivity index (χ1) is 11.2. The zero-order chi connectivity index (χ0) is 16.2. The Labute approximate surface area is 133 Å². The second-order valence-electron chi connectivity index (χ2n) is 5.32. The first-order valence-electron chi connectivity index (χ1n) is 7.33. The van der Waals surface area contributed by atoms with E-state index in [1.165, 1.54) is 7.11 Å². The number of esters is 1. The molecule has 3 rings (SSSR count). The molecule has 0 amide bonds. The highest BCUT2D eigenvalue weighted by atomic mass is 16.5. The largest absolute Gasteiger partial charge is 0.486 e. The molecule has 1 atom stereocenters. The molecule has 2 heterocycles. The van der Waals surface area contributed by atoms with Crippen LogP contribution in [0.15, 0.2) is 24.3 Å². The maximum absolute atomic E-state index is 11.6. The first-order valence-corrected chi connectivity index (χ1v) is 7.33. The van der Waals surface area contributed by atoms with Crippen molar-refractivity contribution in [2.45, 2.75) is 26.0 Å². The van der Waals surface area contributed by atoms with E-state index in [0.717, 1.165) is 11.6 Å². The van der Waals surface area contributed by atoms with Crippen LogP contribution in [0.4, 0.5) is 0 Å². The molecule has 0 saturated carbocycles. The Hall–Kier alpha value is -2.88. The molecule has 0 radical (unpaired) electrons. The monoisotopic (exact) mass is 312 g/mol. The number of rotatable bonds is 4. The summed E-state index contributed by atoms with van der Waals surface area (Å²) in [6.07, 6.45) is 1.25. The number of aromatic nitrogens is 3. The highest BCUT2D eigenvalue weighted by molar-refractivity contribution is 5.72. The number of hydrogen-bond donors (Lipinski definition) is 0. The Balaban J connectivity index is 1.65. The lowest BCUT2D eigenvalue weighted by atomic mass is 9.98. The molecule has 1 aliphatic heterocycles. The van der Waals surface area contributed by atoms with E-state index in [9.17, 15) is 4.79 Å². The number of fused-ring (bicyclic) bond motifs is 1. The molecule has 7 nitrogen and oxygen atoms in total. The molecule has 1 aliphatic rings. The van der Waals surface area contributed by atoms with Gasteiger partial charge in [-0.2, -0.15) is 5.26 Å². The van der Waals surface area contributed by atoms with Crippen LogP contribution in [0, 0.1) is 17.2 Å². The predicted molar refractivity (Wildman–Crippen MR) is 79.3 cm³/mol. The van der Waals surface area contributed by atoms with E-state index in [-0.39, 0.29) is 11.9 Å². The van der Waals surface area contributed by atoms with E-state index in [1.54, 1.807) is 24.3 Å². The Bertz CT molecular complexity index is 746. The Kier molecular flexibility index (Phi) is 4.24. The van der Waals surface area contributed by atoms with Crippen molar-refractivity contribution in [3.63, 3.8) is 0 Å². The van der Waals surface area contributed by atoms with E-state index in [4.69, 9.17) is 14.7 Å². The SMILES string of the molecule is COC(=O)C1CCn2c(COc3ccc(C#N)cc3)nnc2C1. The Morgan fingerprint density at radius 1 is 1.39 bits per heavy atom. The van der Waals surface area contributed by atoms with Crippen molar-refractivity contribution in [1.82, 2.24) is 14.8 Å². The summed E-state index contributed by atoms with van der Waals surface area (Å²) in [7, 11) is 1.40. The molecule has 0 bridgehead atoms. The van der Waals surface area contributed by atoms with Crippen molar-refractivity contribution >= 4 is 5.97 Å². The predicted octanol–water partition coefficient (Wildman–Crippen LogP) is 1.46. The van der Waals surface area contributed by atoms with E-state index in [2.05, 4.69) is 16.3 Å². The van der Waals surface area contributed by atoms with Gasteiger partial charge in [0.05, 0.1) is 24.7 Å². The second-order valence-corrected chi connectivity index (χ2v) is 5.32. The van der Waals surface area contributed by atoms with Crippen LogP contribution in [0.2, 0.25) is 0 Å². The number of methoxy groups -OCH3 is 1. The van der Waals surface area contributed by atoms with Gasteiger partial charge in [0.15, 0.2) is 5.82 Å². The maximum atomic E-state index is 11.6. The van der Waals surface area contributed by atoms with Gasteiger partial charge in [0.2, 0.25) is 0 Å². The van der Waals surface area contributed by atoms with E-state index in [0.29, 0.717) is 37.3 Å². The molecule has 0 spiro atoms. The molecular weight excluding hydrogens is 296 g/mol. The summed E-state index contributed by atoms with van der Waals surface area (Å²) < 4.78 is 12.5. The van der Waals surface area contributed by atoms with E-state index in [1.807, 2.05) is 4.57 Å². The molecule has 23 heavy (non-hydrogen) atoms.